The number of carboxylic acid groups (broad SMARTS) is 1. The Balaban J connectivity index is 2.94. The molecule has 4 nitrogen and oxygen atoms in total. The molecule has 1 rings (SSSR count). The quantitative estimate of drug-likeness (QED) is 0.846. The number of hydrogen-bond donors (Lipinski definition) is 2. The van der Waals surface area contributed by atoms with Crippen molar-refractivity contribution in [3.63, 3.8) is 0 Å². The number of rotatable bonds is 4. The van der Waals surface area contributed by atoms with E-state index in [2.05, 4.69) is 37.2 Å². The number of carbonyl (C=O) groups is 2. The molecule has 0 heterocycles. The van der Waals surface area contributed by atoms with Gasteiger partial charge in [-0.05, 0) is 40.0 Å². The highest BCUT2D eigenvalue weighted by Gasteiger charge is 2.24. The van der Waals surface area contributed by atoms with Crippen LogP contribution < -0.4 is 5.32 Å². The van der Waals surface area contributed by atoms with Crippen LogP contribution in [0.25, 0.3) is 0 Å². The standard InChI is InChI=1S/C12H13Br2NO3/c1-6(2)10(12(17)18)15-11(16)8-5-7(13)3-4-9(8)14/h3-6,10H,1-2H3,(H,15,16)(H,17,18). The summed E-state index contributed by atoms with van der Waals surface area (Å²) in [4.78, 5) is 23.0. The Hall–Kier alpha value is -0.880. The predicted molar refractivity (Wildman–Crippen MR) is 75.6 cm³/mol. The minimum atomic E-state index is -1.04. The first-order chi connectivity index (χ1) is 8.32. The molecule has 0 spiro atoms. The smallest absolute Gasteiger partial charge is 0.326 e. The van der Waals surface area contributed by atoms with Crippen molar-refractivity contribution in [3.05, 3.63) is 32.7 Å². The van der Waals surface area contributed by atoms with Gasteiger partial charge in [-0.1, -0.05) is 29.8 Å². The van der Waals surface area contributed by atoms with Crippen LogP contribution in [0.2, 0.25) is 0 Å². The van der Waals surface area contributed by atoms with Crippen molar-refractivity contribution >= 4 is 43.7 Å². The van der Waals surface area contributed by atoms with Crippen LogP contribution in [0.4, 0.5) is 0 Å². The summed E-state index contributed by atoms with van der Waals surface area (Å²) in [5.74, 6) is -1.63. The van der Waals surface area contributed by atoms with Gasteiger partial charge in [-0.3, -0.25) is 4.79 Å². The number of amides is 1. The Morgan fingerprint density at radius 1 is 1.28 bits per heavy atom. The van der Waals surface area contributed by atoms with Crippen molar-refractivity contribution in [2.24, 2.45) is 5.92 Å². The molecule has 0 saturated heterocycles. The van der Waals surface area contributed by atoms with Crippen LogP contribution in [-0.2, 0) is 4.79 Å². The molecular formula is C12H13Br2NO3. The zero-order chi connectivity index (χ0) is 13.9. The van der Waals surface area contributed by atoms with Crippen molar-refractivity contribution in [1.82, 2.24) is 5.32 Å². The first kappa shape index (κ1) is 15.2. The Morgan fingerprint density at radius 3 is 2.39 bits per heavy atom. The number of nitrogens with one attached hydrogen (secondary N) is 1. The van der Waals surface area contributed by atoms with E-state index in [1.807, 2.05) is 0 Å². The SMILES string of the molecule is CC(C)C(NC(=O)c1cc(Br)ccc1Br)C(=O)O. The highest BCUT2D eigenvalue weighted by molar-refractivity contribution is 9.11. The molecule has 0 aliphatic heterocycles. The van der Waals surface area contributed by atoms with Gasteiger partial charge in [0.2, 0.25) is 0 Å². The number of aliphatic carboxylic acids is 1. The van der Waals surface area contributed by atoms with Crippen molar-refractivity contribution in [3.8, 4) is 0 Å². The third kappa shape index (κ3) is 3.81. The molecule has 1 unspecified atom stereocenters. The fourth-order valence-electron chi connectivity index (χ4n) is 1.40. The van der Waals surface area contributed by atoms with Gasteiger partial charge < -0.3 is 10.4 Å². The lowest BCUT2D eigenvalue weighted by Gasteiger charge is -2.18. The van der Waals surface area contributed by atoms with Crippen LogP contribution >= 0.6 is 31.9 Å². The molecule has 6 heteroatoms. The first-order valence-electron chi connectivity index (χ1n) is 5.31. The maximum atomic E-state index is 12.0. The number of halogens is 2. The first-order valence-corrected chi connectivity index (χ1v) is 6.90. The molecule has 1 amide bonds. The summed E-state index contributed by atoms with van der Waals surface area (Å²) in [7, 11) is 0. The minimum Gasteiger partial charge on any atom is -0.480 e. The molecule has 98 valence electrons. The van der Waals surface area contributed by atoms with E-state index in [1.54, 1.807) is 32.0 Å². The third-order valence-corrected chi connectivity index (χ3v) is 3.58. The second kappa shape index (κ2) is 6.33. The van der Waals surface area contributed by atoms with Crippen molar-refractivity contribution < 1.29 is 14.7 Å². The van der Waals surface area contributed by atoms with Gasteiger partial charge in [-0.15, -0.1) is 0 Å². The Kier molecular flexibility index (Phi) is 5.34. The van der Waals surface area contributed by atoms with Gasteiger partial charge in [-0.2, -0.15) is 0 Å². The van der Waals surface area contributed by atoms with Crippen LogP contribution in [0.15, 0.2) is 27.1 Å². The normalized spacial score (nSPS) is 12.3. The monoisotopic (exact) mass is 377 g/mol. The lowest BCUT2D eigenvalue weighted by Crippen LogP contribution is -2.44. The van der Waals surface area contributed by atoms with Crippen LogP contribution in [0.1, 0.15) is 24.2 Å². The molecule has 1 atom stereocenters. The highest BCUT2D eigenvalue weighted by Crippen LogP contribution is 2.21. The zero-order valence-corrected chi connectivity index (χ0v) is 13.1. The summed E-state index contributed by atoms with van der Waals surface area (Å²) >= 11 is 6.54. The lowest BCUT2D eigenvalue weighted by molar-refractivity contribution is -0.140. The lowest BCUT2D eigenvalue weighted by atomic mass is 10.0. The number of carboxylic acids is 1. The van der Waals surface area contributed by atoms with E-state index in [4.69, 9.17) is 5.11 Å². The average molecular weight is 379 g/mol. The molecule has 0 bridgehead atoms. The van der Waals surface area contributed by atoms with Crippen LogP contribution in [0.5, 0.6) is 0 Å². The van der Waals surface area contributed by atoms with Crippen LogP contribution in [-0.4, -0.2) is 23.0 Å². The summed E-state index contributed by atoms with van der Waals surface area (Å²) in [5, 5.41) is 11.5. The average Bonchev–Trinajstić information content (AvgIpc) is 2.28. The predicted octanol–water partition coefficient (Wildman–Crippen LogP) is 3.05. The van der Waals surface area contributed by atoms with Crippen LogP contribution in [0, 0.1) is 5.92 Å². The van der Waals surface area contributed by atoms with Crippen molar-refractivity contribution in [2.45, 2.75) is 19.9 Å². The molecule has 1 aromatic rings. The molecule has 2 N–H and O–H groups in total. The number of carbonyl (C=O) groups excluding carboxylic acids is 1. The molecular weight excluding hydrogens is 366 g/mol. The van der Waals surface area contributed by atoms with Gasteiger partial charge in [0, 0.05) is 8.95 Å². The van der Waals surface area contributed by atoms with E-state index in [-0.39, 0.29) is 5.92 Å². The number of benzene rings is 1. The summed E-state index contributed by atoms with van der Waals surface area (Å²) in [6, 6.07) is 4.25. The van der Waals surface area contributed by atoms with Crippen molar-refractivity contribution in [1.29, 1.82) is 0 Å². The molecule has 1 aromatic carbocycles. The second-order valence-electron chi connectivity index (χ2n) is 4.16. The van der Waals surface area contributed by atoms with E-state index < -0.39 is 17.9 Å². The summed E-state index contributed by atoms with van der Waals surface area (Å²) < 4.78 is 1.38. The third-order valence-electron chi connectivity index (χ3n) is 2.39. The van der Waals surface area contributed by atoms with Gasteiger partial charge in [-0.25, -0.2) is 4.79 Å². The largest absolute Gasteiger partial charge is 0.480 e. The van der Waals surface area contributed by atoms with E-state index in [9.17, 15) is 9.59 Å². The molecule has 0 fully saturated rings. The van der Waals surface area contributed by atoms with Gasteiger partial charge in [0.05, 0.1) is 5.56 Å². The second-order valence-corrected chi connectivity index (χ2v) is 5.93. The molecule has 0 aliphatic rings. The summed E-state index contributed by atoms with van der Waals surface area (Å²) in [6.45, 7) is 3.49. The molecule has 0 aromatic heterocycles. The Bertz CT molecular complexity index is 474. The maximum absolute atomic E-state index is 12.0. The van der Waals surface area contributed by atoms with Gasteiger partial charge in [0.25, 0.3) is 5.91 Å². The number of hydrogen-bond acceptors (Lipinski definition) is 2. The fourth-order valence-corrected chi connectivity index (χ4v) is 2.19. The molecule has 0 radical (unpaired) electrons. The molecule has 18 heavy (non-hydrogen) atoms. The Morgan fingerprint density at radius 2 is 1.89 bits per heavy atom. The van der Waals surface area contributed by atoms with Gasteiger partial charge in [0.15, 0.2) is 0 Å². The minimum absolute atomic E-state index is 0.183. The van der Waals surface area contributed by atoms with Crippen LogP contribution in [0.3, 0.4) is 0 Å². The summed E-state index contributed by atoms with van der Waals surface area (Å²) in [6.07, 6.45) is 0. The molecule has 0 saturated carbocycles. The maximum Gasteiger partial charge on any atom is 0.326 e. The highest BCUT2D eigenvalue weighted by atomic mass is 79.9. The van der Waals surface area contributed by atoms with E-state index >= 15 is 0 Å². The molecule has 0 aliphatic carbocycles. The topological polar surface area (TPSA) is 66.4 Å². The van der Waals surface area contributed by atoms with Gasteiger partial charge >= 0.3 is 5.97 Å². The fraction of sp³-hybridized carbons (Fsp3) is 0.333. The van der Waals surface area contributed by atoms with E-state index in [0.717, 1.165) is 4.47 Å². The zero-order valence-electron chi connectivity index (χ0n) is 9.91. The Labute approximate surface area is 122 Å². The van der Waals surface area contributed by atoms with Gasteiger partial charge in [0.1, 0.15) is 6.04 Å². The van der Waals surface area contributed by atoms with Crippen molar-refractivity contribution in [2.75, 3.05) is 0 Å². The summed E-state index contributed by atoms with van der Waals surface area (Å²) in [5.41, 5.74) is 0.399. The van der Waals surface area contributed by atoms with E-state index in [1.165, 1.54) is 0 Å². The van der Waals surface area contributed by atoms with E-state index in [0.29, 0.717) is 10.0 Å².